The van der Waals surface area contributed by atoms with E-state index in [-0.39, 0.29) is 0 Å². The van der Waals surface area contributed by atoms with Crippen molar-refractivity contribution in [2.45, 2.75) is 45.1 Å². The van der Waals surface area contributed by atoms with Crippen LogP contribution in [0.2, 0.25) is 0 Å². The van der Waals surface area contributed by atoms with E-state index in [9.17, 15) is 0 Å². The Kier molecular flexibility index (Phi) is 4.06. The molecule has 0 aromatic heterocycles. The van der Waals surface area contributed by atoms with E-state index in [2.05, 4.69) is 52.8 Å². The van der Waals surface area contributed by atoms with E-state index in [1.807, 2.05) is 11.8 Å². The molecule has 0 radical (unpaired) electrons. The summed E-state index contributed by atoms with van der Waals surface area (Å²) in [5.74, 6) is 0. The van der Waals surface area contributed by atoms with Crippen molar-refractivity contribution in [3.8, 4) is 0 Å². The first kappa shape index (κ1) is 11.6. The van der Waals surface area contributed by atoms with Gasteiger partial charge in [0.2, 0.25) is 0 Å². The third kappa shape index (κ3) is 3.38. The highest BCUT2D eigenvalue weighted by Crippen LogP contribution is 2.32. The molecule has 14 heavy (non-hydrogen) atoms. The second-order valence-electron chi connectivity index (χ2n) is 4.25. The summed E-state index contributed by atoms with van der Waals surface area (Å²) in [6.07, 6.45) is 0. The average Bonchev–Trinajstić information content (AvgIpc) is 2.00. The van der Waals surface area contributed by atoms with Crippen LogP contribution in [0.5, 0.6) is 0 Å². The molecule has 1 aromatic rings. The lowest BCUT2D eigenvalue weighted by Crippen LogP contribution is -1.96. The van der Waals surface area contributed by atoms with Crippen LogP contribution in [-0.2, 0) is 0 Å². The van der Waals surface area contributed by atoms with Crippen LogP contribution in [0, 0.1) is 13.8 Å². The predicted octanol–water partition coefficient (Wildman–Crippen LogP) is 4.51. The Bertz CT molecular complexity index is 282. The summed E-state index contributed by atoms with van der Waals surface area (Å²) in [6, 6.07) is 6.83. The maximum absolute atomic E-state index is 2.30. The second-order valence-corrected chi connectivity index (χ2v) is 6.17. The minimum absolute atomic E-state index is 0.605. The van der Waals surface area contributed by atoms with Gasteiger partial charge in [-0.3, -0.25) is 0 Å². The van der Waals surface area contributed by atoms with Crippen molar-refractivity contribution in [2.75, 3.05) is 0 Å². The van der Waals surface area contributed by atoms with Crippen molar-refractivity contribution in [2.24, 2.45) is 0 Å². The number of thioether (sulfide) groups is 1. The molecular weight excluding hydrogens is 188 g/mol. The third-order valence-electron chi connectivity index (χ3n) is 2.19. The molecule has 1 unspecified atom stereocenters. The van der Waals surface area contributed by atoms with Gasteiger partial charge in [0, 0.05) is 5.25 Å². The average molecular weight is 208 g/mol. The van der Waals surface area contributed by atoms with E-state index in [4.69, 9.17) is 0 Å². The summed E-state index contributed by atoms with van der Waals surface area (Å²) >= 11 is 2.02. The van der Waals surface area contributed by atoms with Crippen LogP contribution < -0.4 is 0 Å². The highest BCUT2D eigenvalue weighted by Gasteiger charge is 2.08. The Morgan fingerprint density at radius 1 is 0.929 bits per heavy atom. The molecule has 0 amide bonds. The van der Waals surface area contributed by atoms with E-state index >= 15 is 0 Å². The van der Waals surface area contributed by atoms with E-state index in [0.717, 1.165) is 0 Å². The standard InChI is InChI=1S/C13H20S/c1-9(2)14-12(5)13-7-10(3)6-11(4)8-13/h6-9,12H,1-5H3. The molecule has 0 nitrogen and oxygen atoms in total. The summed E-state index contributed by atoms with van der Waals surface area (Å²) in [5.41, 5.74) is 4.20. The molecule has 0 saturated heterocycles. The molecule has 0 aliphatic rings. The lowest BCUT2D eigenvalue weighted by Gasteiger charge is -2.15. The molecule has 1 aromatic carbocycles. The smallest absolute Gasteiger partial charge is 0.0271 e. The van der Waals surface area contributed by atoms with E-state index < -0.39 is 0 Å². The van der Waals surface area contributed by atoms with Crippen molar-refractivity contribution >= 4 is 11.8 Å². The van der Waals surface area contributed by atoms with Crippen molar-refractivity contribution < 1.29 is 0 Å². The summed E-state index contributed by atoms with van der Waals surface area (Å²) in [5, 5.41) is 1.31. The first-order valence-corrected chi connectivity index (χ1v) is 6.17. The predicted molar refractivity (Wildman–Crippen MR) is 67.1 cm³/mol. The molecule has 1 rings (SSSR count). The van der Waals surface area contributed by atoms with E-state index in [0.29, 0.717) is 10.5 Å². The van der Waals surface area contributed by atoms with E-state index in [1.165, 1.54) is 16.7 Å². The molecule has 78 valence electrons. The largest absolute Gasteiger partial charge is 0.151 e. The fourth-order valence-electron chi connectivity index (χ4n) is 1.73. The molecule has 1 heteroatoms. The molecule has 0 aliphatic heterocycles. The van der Waals surface area contributed by atoms with Crippen LogP contribution in [0.25, 0.3) is 0 Å². The highest BCUT2D eigenvalue weighted by molar-refractivity contribution is 8.00. The highest BCUT2D eigenvalue weighted by atomic mass is 32.2. The van der Waals surface area contributed by atoms with Crippen molar-refractivity contribution in [3.63, 3.8) is 0 Å². The molecule has 0 aliphatic carbocycles. The third-order valence-corrected chi connectivity index (χ3v) is 3.41. The van der Waals surface area contributed by atoms with Gasteiger partial charge < -0.3 is 0 Å². The number of aryl methyl sites for hydroxylation is 2. The summed E-state index contributed by atoms with van der Waals surface area (Å²) in [7, 11) is 0. The maximum Gasteiger partial charge on any atom is 0.0271 e. The topological polar surface area (TPSA) is 0 Å². The summed E-state index contributed by atoms with van der Waals surface area (Å²) < 4.78 is 0. The normalized spacial score (nSPS) is 13.3. The quantitative estimate of drug-likeness (QED) is 0.704. The lowest BCUT2D eigenvalue weighted by atomic mass is 10.1. The fraction of sp³-hybridized carbons (Fsp3) is 0.538. The summed E-state index contributed by atoms with van der Waals surface area (Å²) in [4.78, 5) is 0. The van der Waals surface area contributed by atoms with Gasteiger partial charge in [-0.05, 0) is 31.6 Å². The number of rotatable bonds is 3. The Hall–Kier alpha value is -0.430. The van der Waals surface area contributed by atoms with Gasteiger partial charge in [-0.2, -0.15) is 11.8 Å². The molecule has 0 heterocycles. The van der Waals surface area contributed by atoms with Gasteiger partial charge >= 0.3 is 0 Å². The molecule has 0 fully saturated rings. The van der Waals surface area contributed by atoms with Crippen molar-refractivity contribution in [1.82, 2.24) is 0 Å². The van der Waals surface area contributed by atoms with Crippen LogP contribution in [0.15, 0.2) is 18.2 Å². The van der Waals surface area contributed by atoms with Crippen LogP contribution in [-0.4, -0.2) is 5.25 Å². The van der Waals surface area contributed by atoms with Crippen molar-refractivity contribution in [3.05, 3.63) is 34.9 Å². The van der Waals surface area contributed by atoms with Crippen LogP contribution in [0.3, 0.4) is 0 Å². The SMILES string of the molecule is Cc1cc(C)cc(C(C)SC(C)C)c1. The molecule has 0 N–H and O–H groups in total. The Morgan fingerprint density at radius 3 is 1.86 bits per heavy atom. The molecular formula is C13H20S. The second kappa shape index (κ2) is 4.88. The lowest BCUT2D eigenvalue weighted by molar-refractivity contribution is 1.04. The number of hydrogen-bond donors (Lipinski definition) is 0. The Morgan fingerprint density at radius 2 is 1.43 bits per heavy atom. The van der Waals surface area contributed by atoms with Gasteiger partial charge in [-0.25, -0.2) is 0 Å². The zero-order valence-corrected chi connectivity index (χ0v) is 10.6. The zero-order valence-electron chi connectivity index (χ0n) is 9.79. The van der Waals surface area contributed by atoms with Gasteiger partial charge in [0.15, 0.2) is 0 Å². The molecule has 0 saturated carbocycles. The first-order chi connectivity index (χ1) is 6.49. The van der Waals surface area contributed by atoms with Gasteiger partial charge in [0.05, 0.1) is 0 Å². The molecule has 0 spiro atoms. The maximum atomic E-state index is 2.30. The van der Waals surface area contributed by atoms with Gasteiger partial charge in [-0.15, -0.1) is 0 Å². The Balaban J connectivity index is 2.84. The molecule has 1 atom stereocenters. The van der Waals surface area contributed by atoms with Crippen LogP contribution in [0.1, 0.15) is 42.7 Å². The van der Waals surface area contributed by atoms with E-state index in [1.54, 1.807) is 0 Å². The Labute approximate surface area is 92.1 Å². The van der Waals surface area contributed by atoms with Gasteiger partial charge in [-0.1, -0.05) is 43.2 Å². The number of benzene rings is 1. The zero-order chi connectivity index (χ0) is 10.7. The minimum atomic E-state index is 0.605. The van der Waals surface area contributed by atoms with Crippen molar-refractivity contribution in [1.29, 1.82) is 0 Å². The van der Waals surface area contributed by atoms with Crippen LogP contribution in [0.4, 0.5) is 0 Å². The number of hydrogen-bond acceptors (Lipinski definition) is 1. The molecule has 0 bridgehead atoms. The summed E-state index contributed by atoms with van der Waals surface area (Å²) in [6.45, 7) is 11.1. The van der Waals surface area contributed by atoms with Gasteiger partial charge in [0.1, 0.15) is 0 Å². The van der Waals surface area contributed by atoms with Crippen LogP contribution >= 0.6 is 11.8 Å². The minimum Gasteiger partial charge on any atom is -0.151 e. The first-order valence-electron chi connectivity index (χ1n) is 5.22. The fourth-order valence-corrected chi connectivity index (χ4v) is 2.84. The monoisotopic (exact) mass is 208 g/mol. The van der Waals surface area contributed by atoms with Gasteiger partial charge in [0.25, 0.3) is 0 Å².